The van der Waals surface area contributed by atoms with Crippen LogP contribution in [0.3, 0.4) is 0 Å². The average molecular weight is 1560 g/mol. The van der Waals surface area contributed by atoms with Crippen LogP contribution in [-0.2, 0) is 57.5 Å². The van der Waals surface area contributed by atoms with Gasteiger partial charge in [-0.2, -0.15) is 26.3 Å². The highest BCUT2D eigenvalue weighted by Crippen LogP contribution is 2.49. The van der Waals surface area contributed by atoms with Crippen molar-refractivity contribution < 1.29 is 101 Å². The van der Waals surface area contributed by atoms with Crippen LogP contribution < -0.4 is 16.0 Å². The molecule has 5 saturated carbocycles. The van der Waals surface area contributed by atoms with Crippen LogP contribution in [0.25, 0.3) is 0 Å². The standard InChI is InChI=1S/C76H115F10N11O12/c1-12-43(5)63-70(106)91(7)40-61(100)92(8)54-22-17-16-18-31-96(69(54)105)58(35-45-25-28-49(29-26-45)75(81,82)83)68(104)90(6)39-59(98)87-53(30-27-46-32-51(77)62(52(78)33-46)76(84,85)86)67(103)97-38-50(109-15-4)36-57(97)66(102)89-73(41-74(79,80)42-73)72(108)95(11)64(47(13-2)14-3)71(107)94(10)55(48-20-19-21-48)37-60(99)93(9)56(65(101)88-63)34-44-23-24-44/h16-17,43-58,62-64H,12-15,18-42H2,1-11H3,(H,87,98)(H,88,101)(H,89,102)/b17-16-/t43-,45?,46?,49?,50+,51?,52?,53-,54-,55-,56-,57-,58-,62?,63-,64-/m0/s1. The van der Waals surface area contributed by atoms with Gasteiger partial charge >= 0.3 is 12.4 Å². The van der Waals surface area contributed by atoms with Crippen LogP contribution in [-0.4, -0.2) is 270 Å². The maximum absolute atomic E-state index is 15.8. The molecule has 23 nitrogen and oxygen atoms in total. The number of nitrogens with one attached hydrogen (secondary N) is 3. The summed E-state index contributed by atoms with van der Waals surface area (Å²) in [4.78, 5) is 176. The number of rotatable bonds is 15. The number of carbonyl (C=O) groups is 11. The van der Waals surface area contributed by atoms with E-state index in [1.54, 1.807) is 46.8 Å². The number of carbonyl (C=O) groups excluding carboxylic acids is 11. The number of hydrogen-bond donors (Lipinski definition) is 3. The van der Waals surface area contributed by atoms with Crippen LogP contribution in [0, 0.1) is 47.3 Å². The van der Waals surface area contributed by atoms with Crippen LogP contribution in [0.15, 0.2) is 12.2 Å². The van der Waals surface area contributed by atoms with Gasteiger partial charge in [0.1, 0.15) is 66.1 Å². The molecule has 8 aliphatic rings. The Labute approximate surface area is 633 Å². The summed E-state index contributed by atoms with van der Waals surface area (Å²) in [7, 11) is 8.07. The van der Waals surface area contributed by atoms with Gasteiger partial charge in [-0.25, -0.2) is 17.6 Å². The molecule has 8 rings (SSSR count). The lowest BCUT2D eigenvalue weighted by molar-refractivity contribution is -0.219. The smallest absolute Gasteiger partial charge is 0.377 e. The first-order chi connectivity index (χ1) is 51.1. The van der Waals surface area contributed by atoms with Gasteiger partial charge < -0.3 is 59.9 Å². The molecule has 0 radical (unpaired) electrons. The van der Waals surface area contributed by atoms with Crippen molar-refractivity contribution in [3.63, 3.8) is 0 Å². The van der Waals surface area contributed by atoms with E-state index in [0.29, 0.717) is 19.3 Å². The van der Waals surface area contributed by atoms with E-state index in [2.05, 4.69) is 16.0 Å². The minimum atomic E-state index is -5.25. The molecule has 12 atom stereocenters. The molecule has 11 amide bonds. The van der Waals surface area contributed by atoms with Crippen molar-refractivity contribution in [3.8, 4) is 0 Å². The van der Waals surface area contributed by atoms with Gasteiger partial charge in [-0.15, -0.1) is 0 Å². The van der Waals surface area contributed by atoms with Crippen molar-refractivity contribution in [2.45, 2.75) is 279 Å². The van der Waals surface area contributed by atoms with Crippen molar-refractivity contribution in [2.24, 2.45) is 47.3 Å². The number of nitrogens with zero attached hydrogens (tertiary/aromatic N) is 8. The molecule has 1 spiro atoms. The average Bonchev–Trinajstić information content (AvgIpc) is 1.27. The van der Waals surface area contributed by atoms with Gasteiger partial charge in [0, 0.05) is 93.7 Å². The normalized spacial score (nSPS) is 32.9. The first kappa shape index (κ1) is 87.7. The summed E-state index contributed by atoms with van der Waals surface area (Å²) in [5, 5.41) is 8.03. The summed E-state index contributed by atoms with van der Waals surface area (Å²) in [6.07, 6.45) is -14.8. The molecule has 0 aromatic carbocycles. The predicted octanol–water partition coefficient (Wildman–Crippen LogP) is 8.31. The zero-order chi connectivity index (χ0) is 80.7. The second-order valence-corrected chi connectivity index (χ2v) is 32.6. The van der Waals surface area contributed by atoms with E-state index in [1.165, 1.54) is 57.0 Å². The van der Waals surface area contributed by atoms with Gasteiger partial charge in [0.2, 0.25) is 65.0 Å². The van der Waals surface area contributed by atoms with Gasteiger partial charge in [-0.05, 0) is 132 Å². The van der Waals surface area contributed by atoms with Gasteiger partial charge in [0.15, 0.2) is 0 Å². The second kappa shape index (κ2) is 36.8. The van der Waals surface area contributed by atoms with Gasteiger partial charge in [0.05, 0.1) is 25.1 Å². The van der Waals surface area contributed by atoms with Gasteiger partial charge in [0.25, 0.3) is 5.92 Å². The topological polar surface area (TPSA) is 259 Å². The summed E-state index contributed by atoms with van der Waals surface area (Å²) in [5.74, 6) is -20.7. The molecule has 0 aromatic heterocycles. The minimum Gasteiger partial charge on any atom is -0.377 e. The molecular formula is C76H115F10N11O12. The molecule has 5 aliphatic carbocycles. The Balaban J connectivity index is 1.21. The molecule has 2 saturated heterocycles. The number of likely N-dealkylation sites (N-methyl/N-ethyl adjacent to an activating group) is 6. The molecule has 616 valence electrons. The summed E-state index contributed by atoms with van der Waals surface area (Å²) in [5.41, 5.74) is -2.43. The quantitative estimate of drug-likeness (QED) is 0.103. The number of hydrogen-bond acceptors (Lipinski definition) is 12. The highest BCUT2D eigenvalue weighted by Gasteiger charge is 2.64. The summed E-state index contributed by atoms with van der Waals surface area (Å²) in [6, 6.07) is -11.0. The van der Waals surface area contributed by atoms with E-state index in [4.69, 9.17) is 4.74 Å². The molecule has 7 fully saturated rings. The fraction of sp³-hybridized carbons (Fsp3) is 0.829. The first-order valence-electron chi connectivity index (χ1n) is 39.2. The van der Waals surface area contributed by atoms with Crippen LogP contribution in [0.1, 0.15) is 189 Å². The Morgan fingerprint density at radius 3 is 1.72 bits per heavy atom. The fourth-order valence-electron chi connectivity index (χ4n) is 17.7. The first-order valence-corrected chi connectivity index (χ1v) is 39.2. The van der Waals surface area contributed by atoms with E-state index < -0.39 is 249 Å². The maximum Gasteiger partial charge on any atom is 0.397 e. The number of ether oxygens (including phenoxy) is 1. The molecule has 0 aromatic rings. The molecule has 2 bridgehead atoms. The van der Waals surface area contributed by atoms with Crippen molar-refractivity contribution in [2.75, 3.05) is 75.1 Å². The third-order valence-corrected chi connectivity index (χ3v) is 25.0. The van der Waals surface area contributed by atoms with Crippen LogP contribution in [0.4, 0.5) is 43.9 Å². The fourth-order valence-corrected chi connectivity index (χ4v) is 17.7. The summed E-state index contributed by atoms with van der Waals surface area (Å²) >= 11 is 0. The van der Waals surface area contributed by atoms with E-state index in [-0.39, 0.29) is 102 Å². The van der Waals surface area contributed by atoms with Crippen LogP contribution in [0.2, 0.25) is 0 Å². The lowest BCUT2D eigenvalue weighted by Crippen LogP contribution is -2.72. The van der Waals surface area contributed by atoms with Crippen molar-refractivity contribution in [1.82, 2.24) is 55.1 Å². The summed E-state index contributed by atoms with van der Waals surface area (Å²) in [6.45, 7) is 6.51. The molecule has 3 N–H and O–H groups in total. The zero-order valence-electron chi connectivity index (χ0n) is 64.9. The number of halogens is 10. The van der Waals surface area contributed by atoms with Crippen LogP contribution in [0.5, 0.6) is 0 Å². The van der Waals surface area contributed by atoms with E-state index in [1.807, 2.05) is 0 Å². The number of alkyl halides is 10. The highest BCUT2D eigenvalue weighted by molar-refractivity contribution is 6.00. The minimum absolute atomic E-state index is 0.00449. The van der Waals surface area contributed by atoms with E-state index in [9.17, 15) is 45.5 Å². The Morgan fingerprint density at radius 2 is 1.18 bits per heavy atom. The maximum atomic E-state index is 15.8. The highest BCUT2D eigenvalue weighted by atomic mass is 19.4. The van der Waals surface area contributed by atoms with Gasteiger partial charge in [-0.3, -0.25) is 52.7 Å². The van der Waals surface area contributed by atoms with E-state index >= 15 is 51.1 Å². The van der Waals surface area contributed by atoms with Crippen molar-refractivity contribution >= 4 is 65.0 Å². The summed E-state index contributed by atoms with van der Waals surface area (Å²) < 4.78 is 153. The lowest BCUT2D eigenvalue weighted by Gasteiger charge is -2.50. The molecule has 3 heterocycles. The Kier molecular flexibility index (Phi) is 29.6. The third-order valence-electron chi connectivity index (χ3n) is 25.0. The van der Waals surface area contributed by atoms with Gasteiger partial charge in [-0.1, -0.05) is 78.4 Å². The Hall–Kier alpha value is -6.83. The largest absolute Gasteiger partial charge is 0.397 e. The third kappa shape index (κ3) is 21.1. The second-order valence-electron chi connectivity index (χ2n) is 32.6. The monoisotopic (exact) mass is 1560 g/mol. The number of amides is 11. The molecule has 2 unspecified atom stereocenters. The number of fused-ring (bicyclic) bond motifs is 3. The van der Waals surface area contributed by atoms with Crippen LogP contribution >= 0.6 is 0 Å². The SMILES string of the molecule is CCO[C@@H]1C[C@H]2C(=O)NC3(CC(F)(F)C3)C(=O)N(C)[C@@H](C(CC)CC)C(=O)N(C)[C@H](C3CCC3)CC(=O)N(C)[C@@H](CC3CC3)C(=O)N[C@@H]([C@@H](C)CC)C(=O)N(C)CC(=O)N(C)[C@H]3C/C=C\CCN(C3=O)[C@@H](CC3CCC(C(F)(F)F)CC3)C(=O)N(C)CC(=O)N[C@@H](CCC3CC(F)C(C(F)(F)F)C(F)C3)C(=O)N2C1. The molecule has 109 heavy (non-hydrogen) atoms. The van der Waals surface area contributed by atoms with E-state index in [0.717, 1.165) is 43.8 Å². The van der Waals surface area contributed by atoms with Crippen molar-refractivity contribution in [1.29, 1.82) is 0 Å². The molecule has 33 heteroatoms. The molecular weight excluding hydrogens is 1450 g/mol. The van der Waals surface area contributed by atoms with Crippen molar-refractivity contribution in [3.05, 3.63) is 12.2 Å². The molecule has 3 aliphatic heterocycles. The zero-order valence-corrected chi connectivity index (χ0v) is 64.9. The lowest BCUT2D eigenvalue weighted by atomic mass is 9.71. The Bertz CT molecular complexity index is 3260. The predicted molar refractivity (Wildman–Crippen MR) is 380 cm³/mol. The Morgan fingerprint density at radius 1 is 0.587 bits per heavy atom.